The molecule has 0 aliphatic heterocycles. The topological polar surface area (TPSA) is 62.3 Å². The summed E-state index contributed by atoms with van der Waals surface area (Å²) in [5.74, 6) is 0.529. The largest absolute Gasteiger partial charge is 0.481 e. The normalized spacial score (nSPS) is 10.9. The molecule has 0 fully saturated rings. The molecule has 27 heavy (non-hydrogen) atoms. The van der Waals surface area contributed by atoms with E-state index >= 15 is 0 Å². The number of aliphatic carboxylic acids is 1. The third-order valence-corrected chi connectivity index (χ3v) is 4.79. The summed E-state index contributed by atoms with van der Waals surface area (Å²) in [4.78, 5) is 14.8. The van der Waals surface area contributed by atoms with Gasteiger partial charge in [0.2, 0.25) is 0 Å². The molecule has 0 atom stereocenters. The quantitative estimate of drug-likeness (QED) is 0.414. The van der Waals surface area contributed by atoms with Gasteiger partial charge in [-0.05, 0) is 53.6 Å². The first-order valence-corrected chi connectivity index (χ1v) is 9.25. The van der Waals surface area contributed by atoms with Crippen molar-refractivity contribution in [3.63, 3.8) is 0 Å². The second-order valence-electron chi connectivity index (χ2n) is 6.18. The van der Waals surface area contributed by atoms with Gasteiger partial charge in [0.1, 0.15) is 11.5 Å². The van der Waals surface area contributed by atoms with Crippen molar-refractivity contribution in [2.45, 2.75) is 6.42 Å². The summed E-state index contributed by atoms with van der Waals surface area (Å²) in [6.45, 7) is 0. The average molecular weight is 422 g/mol. The van der Waals surface area contributed by atoms with Gasteiger partial charge in [-0.15, -0.1) is 0 Å². The molecule has 4 aromatic rings. The number of aromatic nitrogens is 1. The van der Waals surface area contributed by atoms with Crippen molar-refractivity contribution in [3.05, 3.63) is 82.8 Å². The Morgan fingerprint density at radius 2 is 1.78 bits per heavy atom. The number of carboxylic acids is 1. The van der Waals surface area contributed by atoms with Crippen molar-refractivity contribution < 1.29 is 14.6 Å². The molecule has 2 N–H and O–H groups in total. The van der Waals surface area contributed by atoms with Gasteiger partial charge in [-0.1, -0.05) is 46.3 Å². The molecule has 5 heteroatoms. The van der Waals surface area contributed by atoms with E-state index in [4.69, 9.17) is 4.74 Å². The fourth-order valence-corrected chi connectivity index (χ4v) is 3.54. The molecule has 0 spiro atoms. The Labute approximate surface area is 164 Å². The lowest BCUT2D eigenvalue weighted by Gasteiger charge is -2.06. The molecular weight excluding hydrogens is 406 g/mol. The summed E-state index contributed by atoms with van der Waals surface area (Å²) >= 11 is 3.48. The molecule has 0 amide bonds. The number of halogens is 1. The van der Waals surface area contributed by atoms with E-state index in [-0.39, 0.29) is 6.42 Å². The van der Waals surface area contributed by atoms with Gasteiger partial charge in [0.15, 0.2) is 0 Å². The molecule has 0 unspecified atom stereocenters. The van der Waals surface area contributed by atoms with E-state index in [1.165, 1.54) is 0 Å². The summed E-state index contributed by atoms with van der Waals surface area (Å²) in [7, 11) is 0. The number of para-hydroxylation sites is 1. The fourth-order valence-electron chi connectivity index (χ4n) is 3.14. The highest BCUT2D eigenvalue weighted by Crippen LogP contribution is 2.35. The van der Waals surface area contributed by atoms with Gasteiger partial charge >= 0.3 is 5.97 Å². The van der Waals surface area contributed by atoms with Crippen molar-refractivity contribution in [1.82, 2.24) is 4.98 Å². The summed E-state index contributed by atoms with van der Waals surface area (Å²) in [6.07, 6.45) is -0.0728. The number of rotatable bonds is 5. The van der Waals surface area contributed by atoms with E-state index in [0.717, 1.165) is 37.9 Å². The number of aromatic amines is 1. The third-order valence-electron chi connectivity index (χ3n) is 4.30. The van der Waals surface area contributed by atoms with E-state index in [1.54, 1.807) is 0 Å². The van der Waals surface area contributed by atoms with Crippen LogP contribution >= 0.6 is 15.9 Å². The van der Waals surface area contributed by atoms with Crippen molar-refractivity contribution in [2.24, 2.45) is 0 Å². The van der Waals surface area contributed by atoms with Crippen molar-refractivity contribution in [2.75, 3.05) is 0 Å². The Morgan fingerprint density at radius 1 is 0.963 bits per heavy atom. The highest BCUT2D eigenvalue weighted by Gasteiger charge is 2.17. The van der Waals surface area contributed by atoms with E-state index in [2.05, 4.69) is 20.9 Å². The van der Waals surface area contributed by atoms with E-state index < -0.39 is 5.97 Å². The molecule has 1 aromatic heterocycles. The summed E-state index contributed by atoms with van der Waals surface area (Å²) < 4.78 is 6.85. The van der Waals surface area contributed by atoms with Gasteiger partial charge in [-0.2, -0.15) is 0 Å². The highest BCUT2D eigenvalue weighted by atomic mass is 79.9. The van der Waals surface area contributed by atoms with Crippen LogP contribution < -0.4 is 4.74 Å². The van der Waals surface area contributed by atoms with Crippen LogP contribution in [-0.2, 0) is 11.2 Å². The van der Waals surface area contributed by atoms with Gasteiger partial charge in [-0.3, -0.25) is 4.79 Å². The number of ether oxygens (including phenoxy) is 1. The summed E-state index contributed by atoms with van der Waals surface area (Å²) in [5, 5.41) is 10.3. The molecule has 0 saturated heterocycles. The molecule has 0 aliphatic carbocycles. The lowest BCUT2D eigenvalue weighted by Crippen LogP contribution is -2.01. The highest BCUT2D eigenvalue weighted by molar-refractivity contribution is 9.10. The summed E-state index contributed by atoms with van der Waals surface area (Å²) in [5.41, 5.74) is 3.36. The second kappa shape index (κ2) is 7.29. The minimum Gasteiger partial charge on any atom is -0.481 e. The number of benzene rings is 3. The zero-order valence-electron chi connectivity index (χ0n) is 14.3. The van der Waals surface area contributed by atoms with Crippen LogP contribution in [-0.4, -0.2) is 16.1 Å². The minimum atomic E-state index is -0.874. The lowest BCUT2D eigenvalue weighted by atomic mass is 10.0. The van der Waals surface area contributed by atoms with Crippen LogP contribution in [0.3, 0.4) is 0 Å². The van der Waals surface area contributed by atoms with Crippen LogP contribution in [0.1, 0.15) is 5.56 Å². The number of carbonyl (C=O) groups is 1. The van der Waals surface area contributed by atoms with Crippen LogP contribution in [0.4, 0.5) is 0 Å². The molecule has 0 saturated carbocycles. The van der Waals surface area contributed by atoms with Crippen molar-refractivity contribution in [1.29, 1.82) is 0 Å². The van der Waals surface area contributed by atoms with Crippen molar-refractivity contribution >= 4 is 32.8 Å². The Kier molecular flexibility index (Phi) is 4.69. The summed E-state index contributed by atoms with van der Waals surface area (Å²) in [6, 6.07) is 23.0. The first-order valence-electron chi connectivity index (χ1n) is 8.45. The van der Waals surface area contributed by atoms with Crippen LogP contribution in [0, 0.1) is 0 Å². The molecule has 134 valence electrons. The number of carboxylic acid groups (broad SMARTS) is 1. The SMILES string of the molecule is O=C(O)Cc1c(-c2cccc(Br)c2)[nH]c2ccc(Oc3ccccc3)cc12. The maximum Gasteiger partial charge on any atom is 0.307 e. The van der Waals surface area contributed by atoms with Crippen LogP contribution in [0.5, 0.6) is 11.5 Å². The zero-order chi connectivity index (χ0) is 18.8. The Morgan fingerprint density at radius 3 is 2.52 bits per heavy atom. The lowest BCUT2D eigenvalue weighted by molar-refractivity contribution is -0.136. The molecule has 1 heterocycles. The maximum atomic E-state index is 11.5. The molecular formula is C22H16BrNO3. The number of nitrogens with one attached hydrogen (secondary N) is 1. The number of hydrogen-bond acceptors (Lipinski definition) is 2. The fraction of sp³-hybridized carbons (Fsp3) is 0.0455. The molecule has 0 radical (unpaired) electrons. The number of H-pyrrole nitrogens is 1. The average Bonchev–Trinajstić information content (AvgIpc) is 3.00. The predicted octanol–water partition coefficient (Wildman–Crippen LogP) is 6.02. The van der Waals surface area contributed by atoms with Crippen LogP contribution in [0.15, 0.2) is 77.3 Å². The van der Waals surface area contributed by atoms with Crippen LogP contribution in [0.2, 0.25) is 0 Å². The first kappa shape index (κ1) is 17.4. The number of hydrogen-bond donors (Lipinski definition) is 2. The molecule has 4 nitrogen and oxygen atoms in total. The minimum absolute atomic E-state index is 0.0728. The molecule has 4 rings (SSSR count). The number of fused-ring (bicyclic) bond motifs is 1. The van der Waals surface area contributed by atoms with Gasteiger partial charge in [-0.25, -0.2) is 0 Å². The Hall–Kier alpha value is -3.05. The third kappa shape index (κ3) is 3.73. The van der Waals surface area contributed by atoms with Gasteiger partial charge in [0, 0.05) is 15.4 Å². The monoisotopic (exact) mass is 421 g/mol. The van der Waals surface area contributed by atoms with Gasteiger partial charge < -0.3 is 14.8 Å². The Balaban J connectivity index is 1.83. The van der Waals surface area contributed by atoms with Crippen LogP contribution in [0.25, 0.3) is 22.2 Å². The zero-order valence-corrected chi connectivity index (χ0v) is 15.9. The standard InChI is InChI=1S/C22H16BrNO3/c23-15-6-4-5-14(11-15)22-19(13-21(25)26)18-12-17(9-10-20(18)24-22)27-16-7-2-1-3-8-16/h1-12,24H,13H2,(H,25,26). The second-order valence-corrected chi connectivity index (χ2v) is 7.10. The first-order chi connectivity index (χ1) is 13.1. The van der Waals surface area contributed by atoms with Gasteiger partial charge in [0.25, 0.3) is 0 Å². The molecule has 0 aliphatic rings. The maximum absolute atomic E-state index is 11.5. The Bertz CT molecular complexity index is 1120. The predicted molar refractivity (Wildman–Crippen MR) is 109 cm³/mol. The smallest absolute Gasteiger partial charge is 0.307 e. The molecule has 3 aromatic carbocycles. The van der Waals surface area contributed by atoms with E-state index in [0.29, 0.717) is 5.75 Å². The van der Waals surface area contributed by atoms with E-state index in [1.807, 2.05) is 72.8 Å². The van der Waals surface area contributed by atoms with E-state index in [9.17, 15) is 9.90 Å². The van der Waals surface area contributed by atoms with Gasteiger partial charge in [0.05, 0.1) is 12.1 Å². The van der Waals surface area contributed by atoms with Crippen molar-refractivity contribution in [3.8, 4) is 22.8 Å². The molecule has 0 bridgehead atoms.